The third kappa shape index (κ3) is 2.83. The van der Waals surface area contributed by atoms with Crippen LogP contribution in [0.25, 0.3) is 11.0 Å². The highest BCUT2D eigenvalue weighted by Crippen LogP contribution is 2.33. The van der Waals surface area contributed by atoms with Gasteiger partial charge < -0.3 is 14.5 Å². The van der Waals surface area contributed by atoms with Gasteiger partial charge in [-0.05, 0) is 12.1 Å². The zero-order valence-corrected chi connectivity index (χ0v) is 13.1. The third-order valence-electron chi connectivity index (χ3n) is 3.62. The molecule has 8 heteroatoms. The van der Waals surface area contributed by atoms with E-state index >= 15 is 0 Å². The first-order valence-corrected chi connectivity index (χ1v) is 8.08. The van der Waals surface area contributed by atoms with Gasteiger partial charge in [0.2, 0.25) is 0 Å². The van der Waals surface area contributed by atoms with E-state index in [9.17, 15) is 13.2 Å². The normalized spacial score (nSPS) is 13.8. The largest absolute Gasteiger partial charge is 0.467 e. The molecule has 24 heavy (non-hydrogen) atoms. The fraction of sp³-hybridized carbons (Fsp3) is 0.188. The maximum atomic E-state index is 13.7. The molecule has 4 nitrogen and oxygen atoms in total. The molecule has 3 aromatic rings. The first kappa shape index (κ1) is 15.3. The lowest BCUT2D eigenvalue weighted by atomic mass is 10.1. The van der Waals surface area contributed by atoms with Crippen LogP contribution >= 0.6 is 11.8 Å². The van der Waals surface area contributed by atoms with Crippen molar-refractivity contribution in [3.8, 4) is 5.75 Å². The highest BCUT2D eigenvalue weighted by molar-refractivity contribution is 7.98. The van der Waals surface area contributed by atoms with Gasteiger partial charge in [0.05, 0.1) is 17.6 Å². The van der Waals surface area contributed by atoms with E-state index in [1.165, 1.54) is 23.9 Å². The predicted octanol–water partition coefficient (Wildman–Crippen LogP) is 4.14. The van der Waals surface area contributed by atoms with E-state index in [0.29, 0.717) is 45.4 Å². The summed E-state index contributed by atoms with van der Waals surface area (Å²) in [5.74, 6) is -1.24. The number of halogens is 3. The number of aromatic amines is 1. The highest BCUT2D eigenvalue weighted by Gasteiger charge is 2.18. The Morgan fingerprint density at radius 1 is 1.12 bits per heavy atom. The number of hydrogen-bond acceptors (Lipinski definition) is 4. The Kier molecular flexibility index (Phi) is 3.85. The Morgan fingerprint density at radius 2 is 1.96 bits per heavy atom. The maximum Gasteiger partial charge on any atom is 0.189 e. The lowest BCUT2D eigenvalue weighted by Gasteiger charge is -2.20. The number of imidazole rings is 1. The Hall–Kier alpha value is -2.19. The van der Waals surface area contributed by atoms with Crippen molar-refractivity contribution in [2.75, 3.05) is 6.79 Å². The van der Waals surface area contributed by atoms with Gasteiger partial charge in [-0.3, -0.25) is 0 Å². The second-order valence-corrected chi connectivity index (χ2v) is 6.24. The van der Waals surface area contributed by atoms with E-state index in [1.807, 2.05) is 0 Å². The number of nitrogens with zero attached hydrogens (tertiary/aromatic N) is 1. The second-order valence-electron chi connectivity index (χ2n) is 5.28. The van der Waals surface area contributed by atoms with Gasteiger partial charge in [0.25, 0.3) is 0 Å². The summed E-state index contributed by atoms with van der Waals surface area (Å²) < 4.78 is 50.8. The summed E-state index contributed by atoms with van der Waals surface area (Å²) in [6.45, 7) is 0.424. The number of hydrogen-bond donors (Lipinski definition) is 1. The van der Waals surface area contributed by atoms with Crippen molar-refractivity contribution in [1.82, 2.24) is 9.97 Å². The Bertz CT molecular complexity index is 890. The number of rotatable bonds is 3. The summed E-state index contributed by atoms with van der Waals surface area (Å²) in [4.78, 5) is 7.12. The lowest BCUT2D eigenvalue weighted by molar-refractivity contribution is -0.0171. The van der Waals surface area contributed by atoms with E-state index in [4.69, 9.17) is 9.47 Å². The first-order chi connectivity index (χ1) is 11.6. The van der Waals surface area contributed by atoms with E-state index in [-0.39, 0.29) is 12.6 Å². The van der Waals surface area contributed by atoms with Crippen LogP contribution in [-0.4, -0.2) is 16.8 Å². The van der Waals surface area contributed by atoms with Crippen molar-refractivity contribution in [1.29, 1.82) is 0 Å². The average Bonchev–Trinajstić information content (AvgIpc) is 2.94. The van der Waals surface area contributed by atoms with Crippen LogP contribution in [0.3, 0.4) is 0 Å². The zero-order chi connectivity index (χ0) is 16.7. The monoisotopic (exact) mass is 352 g/mol. The third-order valence-corrected chi connectivity index (χ3v) is 4.54. The molecule has 0 saturated carbocycles. The van der Waals surface area contributed by atoms with Crippen molar-refractivity contribution in [3.63, 3.8) is 0 Å². The smallest absolute Gasteiger partial charge is 0.189 e. The summed E-state index contributed by atoms with van der Waals surface area (Å²) in [6.07, 6.45) is 0. The van der Waals surface area contributed by atoms with Crippen LogP contribution in [0, 0.1) is 17.5 Å². The summed E-state index contributed by atoms with van der Waals surface area (Å²) >= 11 is 1.29. The Balaban J connectivity index is 1.60. The van der Waals surface area contributed by atoms with Crippen LogP contribution in [-0.2, 0) is 17.1 Å². The van der Waals surface area contributed by atoms with Gasteiger partial charge in [-0.1, -0.05) is 11.8 Å². The maximum absolute atomic E-state index is 13.7. The first-order valence-electron chi connectivity index (χ1n) is 7.09. The number of thioether (sulfide) groups is 1. The van der Waals surface area contributed by atoms with Crippen LogP contribution in [0.2, 0.25) is 0 Å². The molecule has 1 aromatic heterocycles. The van der Waals surface area contributed by atoms with E-state index < -0.39 is 11.6 Å². The molecular weight excluding hydrogens is 341 g/mol. The Morgan fingerprint density at radius 3 is 2.83 bits per heavy atom. The Labute approximate surface area is 139 Å². The van der Waals surface area contributed by atoms with Gasteiger partial charge in [-0.2, -0.15) is 0 Å². The molecule has 0 fully saturated rings. The molecule has 1 aliphatic rings. The van der Waals surface area contributed by atoms with Crippen LogP contribution in [0.4, 0.5) is 13.2 Å². The van der Waals surface area contributed by atoms with Crippen LogP contribution in [0.1, 0.15) is 11.1 Å². The molecule has 0 amide bonds. The molecule has 0 saturated heterocycles. The van der Waals surface area contributed by atoms with Crippen molar-refractivity contribution >= 4 is 22.8 Å². The number of benzene rings is 2. The van der Waals surface area contributed by atoms with Gasteiger partial charge in [0, 0.05) is 29.0 Å². The molecule has 1 aliphatic heterocycles. The standard InChI is InChI=1S/C16H11F3N2O2S/c17-10-1-8-5-22-7-23-15(8)9(2-10)6-24-16-20-13-3-11(18)12(19)4-14(13)21-16/h1-4H,5-7H2,(H,20,21). The minimum Gasteiger partial charge on any atom is -0.467 e. The molecule has 0 radical (unpaired) electrons. The zero-order valence-electron chi connectivity index (χ0n) is 12.2. The molecular formula is C16H11F3N2O2S. The summed E-state index contributed by atoms with van der Waals surface area (Å²) in [5.41, 5.74) is 2.08. The average molecular weight is 352 g/mol. The van der Waals surface area contributed by atoms with Crippen LogP contribution in [0.15, 0.2) is 29.4 Å². The van der Waals surface area contributed by atoms with Gasteiger partial charge in [0.1, 0.15) is 11.6 Å². The van der Waals surface area contributed by atoms with Gasteiger partial charge in [-0.15, -0.1) is 0 Å². The molecule has 2 heterocycles. The fourth-order valence-corrected chi connectivity index (χ4v) is 3.41. The van der Waals surface area contributed by atoms with Crippen molar-refractivity contribution in [2.45, 2.75) is 17.5 Å². The molecule has 0 bridgehead atoms. The lowest BCUT2D eigenvalue weighted by Crippen LogP contribution is -2.13. The number of fused-ring (bicyclic) bond motifs is 2. The second kappa shape index (κ2) is 6.03. The molecule has 0 atom stereocenters. The highest BCUT2D eigenvalue weighted by atomic mass is 32.2. The fourth-order valence-electron chi connectivity index (χ4n) is 2.56. The van der Waals surface area contributed by atoms with Gasteiger partial charge in [0.15, 0.2) is 23.6 Å². The topological polar surface area (TPSA) is 47.1 Å². The van der Waals surface area contributed by atoms with Gasteiger partial charge >= 0.3 is 0 Å². The number of H-pyrrole nitrogens is 1. The molecule has 124 valence electrons. The van der Waals surface area contributed by atoms with Crippen LogP contribution in [0.5, 0.6) is 5.75 Å². The van der Waals surface area contributed by atoms with E-state index in [1.54, 1.807) is 0 Å². The minimum absolute atomic E-state index is 0.124. The summed E-state index contributed by atoms with van der Waals surface area (Å²) in [7, 11) is 0. The summed E-state index contributed by atoms with van der Waals surface area (Å²) in [6, 6.07) is 4.89. The molecule has 0 spiro atoms. The number of aromatic nitrogens is 2. The van der Waals surface area contributed by atoms with Gasteiger partial charge in [-0.25, -0.2) is 18.2 Å². The predicted molar refractivity (Wildman–Crippen MR) is 82.3 cm³/mol. The molecule has 4 rings (SSSR count). The van der Waals surface area contributed by atoms with E-state index in [2.05, 4.69) is 9.97 Å². The number of ether oxygens (including phenoxy) is 2. The minimum atomic E-state index is -0.946. The molecule has 0 aliphatic carbocycles. The van der Waals surface area contributed by atoms with E-state index in [0.717, 1.165) is 12.1 Å². The van der Waals surface area contributed by atoms with Crippen molar-refractivity contribution < 1.29 is 22.6 Å². The SMILES string of the molecule is Fc1cc2c(c(CSc3nc4cc(F)c(F)cc4[nH]3)c1)OCOC2. The summed E-state index contributed by atoms with van der Waals surface area (Å²) in [5, 5.41) is 0.486. The molecule has 2 aromatic carbocycles. The van der Waals surface area contributed by atoms with Crippen molar-refractivity contribution in [3.05, 3.63) is 52.8 Å². The number of nitrogens with one attached hydrogen (secondary N) is 1. The van der Waals surface area contributed by atoms with Crippen molar-refractivity contribution in [2.24, 2.45) is 0 Å². The quantitative estimate of drug-likeness (QED) is 0.720. The van der Waals surface area contributed by atoms with Crippen LogP contribution < -0.4 is 4.74 Å². The molecule has 1 N–H and O–H groups in total. The molecule has 0 unspecified atom stereocenters.